The number of carbonyl (C=O) groups is 2. The van der Waals surface area contributed by atoms with Gasteiger partial charge in [-0.05, 0) is 42.2 Å². The Morgan fingerprint density at radius 2 is 1.38 bits per heavy atom. The van der Waals surface area contributed by atoms with Gasteiger partial charge in [-0.3, -0.25) is 14.9 Å². The zero-order chi connectivity index (χ0) is 22.3. The van der Waals surface area contributed by atoms with E-state index in [0.29, 0.717) is 27.8 Å². The Kier molecular flexibility index (Phi) is 6.72. The molecule has 6 heteroatoms. The Hall–Kier alpha value is -3.77. The predicted molar refractivity (Wildman–Crippen MR) is 128 cm³/mol. The zero-order valence-electron chi connectivity index (χ0n) is 17.7. The van der Waals surface area contributed by atoms with Gasteiger partial charge in [0.2, 0.25) is 0 Å². The van der Waals surface area contributed by atoms with E-state index in [9.17, 15) is 9.59 Å². The molecule has 4 rings (SSSR count). The third kappa shape index (κ3) is 5.47. The van der Waals surface area contributed by atoms with Gasteiger partial charge in [-0.15, -0.1) is 0 Å². The third-order valence-corrected chi connectivity index (χ3v) is 6.06. The molecule has 32 heavy (non-hydrogen) atoms. The lowest BCUT2D eigenvalue weighted by molar-refractivity contribution is 0.0953. The number of rotatable bonds is 7. The van der Waals surface area contributed by atoms with Crippen LogP contribution in [0.25, 0.3) is 0 Å². The van der Waals surface area contributed by atoms with Crippen molar-refractivity contribution in [2.45, 2.75) is 19.9 Å². The average Bonchev–Trinajstić information content (AvgIpc) is 3.19. The predicted octanol–water partition coefficient (Wildman–Crippen LogP) is 5.22. The number of benzene rings is 3. The van der Waals surface area contributed by atoms with E-state index in [1.54, 1.807) is 6.92 Å². The first-order chi connectivity index (χ1) is 15.6. The number of nitrogens with zero attached hydrogens (tertiary/aromatic N) is 1. The lowest BCUT2D eigenvalue weighted by Crippen LogP contribution is -2.22. The molecule has 0 aliphatic heterocycles. The lowest BCUT2D eigenvalue weighted by Gasteiger charge is -2.05. The third-order valence-electron chi connectivity index (χ3n) is 4.99. The Balaban J connectivity index is 1.36. The van der Waals surface area contributed by atoms with Gasteiger partial charge < -0.3 is 5.32 Å². The van der Waals surface area contributed by atoms with Crippen molar-refractivity contribution in [3.05, 3.63) is 118 Å². The van der Waals surface area contributed by atoms with Gasteiger partial charge in [0.05, 0.1) is 5.69 Å². The number of aryl methyl sites for hydroxylation is 1. The molecule has 3 aromatic carbocycles. The van der Waals surface area contributed by atoms with Crippen LogP contribution in [-0.4, -0.2) is 16.8 Å². The van der Waals surface area contributed by atoms with E-state index in [1.807, 2.05) is 72.8 Å². The van der Waals surface area contributed by atoms with Gasteiger partial charge in [-0.2, -0.15) is 0 Å². The molecule has 160 valence electrons. The molecule has 0 aliphatic carbocycles. The molecule has 0 saturated heterocycles. The first kappa shape index (κ1) is 21.5. The van der Waals surface area contributed by atoms with Gasteiger partial charge in [-0.1, -0.05) is 84.1 Å². The summed E-state index contributed by atoms with van der Waals surface area (Å²) in [5, 5.41) is 6.11. The minimum atomic E-state index is -0.249. The van der Waals surface area contributed by atoms with Crippen LogP contribution in [0, 0.1) is 6.92 Å². The fourth-order valence-electron chi connectivity index (χ4n) is 3.29. The molecule has 2 N–H and O–H groups in total. The molecular formula is C26H23N3O2S. The maximum atomic E-state index is 12.6. The minimum absolute atomic E-state index is 0.199. The molecule has 0 saturated carbocycles. The molecule has 5 nitrogen and oxygen atoms in total. The molecule has 4 aromatic rings. The summed E-state index contributed by atoms with van der Waals surface area (Å²) in [7, 11) is 0. The molecule has 0 bridgehead atoms. The van der Waals surface area contributed by atoms with E-state index >= 15 is 0 Å². The Bertz CT molecular complexity index is 1200. The quantitative estimate of drug-likeness (QED) is 0.413. The fourth-order valence-corrected chi connectivity index (χ4v) is 4.17. The second-order valence-electron chi connectivity index (χ2n) is 7.42. The normalized spacial score (nSPS) is 10.5. The van der Waals surface area contributed by atoms with Gasteiger partial charge in [0.1, 0.15) is 4.88 Å². The van der Waals surface area contributed by atoms with E-state index < -0.39 is 0 Å². The molecule has 0 radical (unpaired) electrons. The first-order valence-electron chi connectivity index (χ1n) is 10.3. The van der Waals surface area contributed by atoms with Crippen LogP contribution in [0.2, 0.25) is 0 Å². The van der Waals surface area contributed by atoms with Gasteiger partial charge in [0, 0.05) is 12.1 Å². The molecule has 0 aliphatic rings. The van der Waals surface area contributed by atoms with E-state index in [1.165, 1.54) is 16.9 Å². The number of hydrogen-bond acceptors (Lipinski definition) is 4. The van der Waals surface area contributed by atoms with Crippen LogP contribution in [-0.2, 0) is 13.0 Å². The maximum absolute atomic E-state index is 12.6. The molecule has 1 aromatic heterocycles. The molecule has 0 atom stereocenters. The summed E-state index contributed by atoms with van der Waals surface area (Å²) in [5.74, 6) is -0.448. The zero-order valence-corrected chi connectivity index (χ0v) is 18.5. The van der Waals surface area contributed by atoms with Crippen molar-refractivity contribution in [1.82, 2.24) is 10.3 Å². The fraction of sp³-hybridized carbons (Fsp3) is 0.115. The van der Waals surface area contributed by atoms with Gasteiger partial charge in [0.25, 0.3) is 11.8 Å². The highest BCUT2D eigenvalue weighted by Crippen LogP contribution is 2.23. The summed E-state index contributed by atoms with van der Waals surface area (Å²) in [6, 6.07) is 27.4. The van der Waals surface area contributed by atoms with Crippen molar-refractivity contribution in [2.75, 3.05) is 5.32 Å². The van der Waals surface area contributed by atoms with E-state index in [2.05, 4.69) is 27.8 Å². The highest BCUT2D eigenvalue weighted by atomic mass is 32.1. The summed E-state index contributed by atoms with van der Waals surface area (Å²) in [4.78, 5) is 30.0. The number of thiazole rings is 1. The van der Waals surface area contributed by atoms with Crippen molar-refractivity contribution >= 4 is 28.3 Å². The van der Waals surface area contributed by atoms with Crippen LogP contribution in [0.4, 0.5) is 5.13 Å². The second-order valence-corrected chi connectivity index (χ2v) is 8.41. The van der Waals surface area contributed by atoms with Crippen LogP contribution >= 0.6 is 11.3 Å². The van der Waals surface area contributed by atoms with Gasteiger partial charge in [0.15, 0.2) is 5.13 Å². The number of carbonyl (C=O) groups excluding carboxylic acids is 2. The molecular weight excluding hydrogens is 418 g/mol. The van der Waals surface area contributed by atoms with E-state index in [-0.39, 0.29) is 11.8 Å². The number of amides is 2. The first-order valence-corrected chi connectivity index (χ1v) is 11.1. The number of anilines is 1. The molecule has 0 unspecified atom stereocenters. The summed E-state index contributed by atoms with van der Waals surface area (Å²) in [6.45, 7) is 2.20. The molecule has 0 fully saturated rings. The molecule has 1 heterocycles. The Labute approximate surface area is 191 Å². The van der Waals surface area contributed by atoms with Crippen molar-refractivity contribution in [3.8, 4) is 0 Å². The Morgan fingerprint density at radius 1 is 0.781 bits per heavy atom. The monoisotopic (exact) mass is 441 g/mol. The topological polar surface area (TPSA) is 71.1 Å². The highest BCUT2D eigenvalue weighted by molar-refractivity contribution is 7.17. The summed E-state index contributed by atoms with van der Waals surface area (Å²) in [6.07, 6.45) is 0.815. The van der Waals surface area contributed by atoms with Crippen molar-refractivity contribution in [1.29, 1.82) is 0 Å². The summed E-state index contributed by atoms with van der Waals surface area (Å²) < 4.78 is 0. The standard InChI is InChI=1S/C26H23N3O2S/c1-18-23(25(31)27-17-21-10-6-3-7-11-21)32-26(28-18)29-24(30)22-14-12-20(13-15-22)16-19-8-4-2-5-9-19/h2-15H,16-17H2,1H3,(H,27,31)(H,28,29,30). The minimum Gasteiger partial charge on any atom is -0.347 e. The molecule has 0 spiro atoms. The van der Waals surface area contributed by atoms with Gasteiger partial charge in [-0.25, -0.2) is 4.98 Å². The Morgan fingerprint density at radius 3 is 2.03 bits per heavy atom. The smallest absolute Gasteiger partial charge is 0.263 e. The number of aromatic nitrogens is 1. The van der Waals surface area contributed by atoms with Crippen molar-refractivity contribution in [3.63, 3.8) is 0 Å². The number of nitrogens with one attached hydrogen (secondary N) is 2. The average molecular weight is 442 g/mol. The summed E-state index contributed by atoms with van der Waals surface area (Å²) in [5.41, 5.74) is 4.52. The number of hydrogen-bond donors (Lipinski definition) is 2. The van der Waals surface area contributed by atoms with Gasteiger partial charge >= 0.3 is 0 Å². The SMILES string of the molecule is Cc1nc(NC(=O)c2ccc(Cc3ccccc3)cc2)sc1C(=O)NCc1ccccc1. The van der Waals surface area contributed by atoms with Crippen molar-refractivity contribution < 1.29 is 9.59 Å². The van der Waals surface area contributed by atoms with E-state index in [0.717, 1.165) is 17.5 Å². The lowest BCUT2D eigenvalue weighted by atomic mass is 10.0. The van der Waals surface area contributed by atoms with Crippen LogP contribution in [0.3, 0.4) is 0 Å². The van der Waals surface area contributed by atoms with Crippen LogP contribution < -0.4 is 10.6 Å². The van der Waals surface area contributed by atoms with Crippen LogP contribution in [0.5, 0.6) is 0 Å². The van der Waals surface area contributed by atoms with E-state index in [4.69, 9.17) is 0 Å². The molecule has 2 amide bonds. The summed E-state index contributed by atoms with van der Waals surface area (Å²) >= 11 is 1.18. The maximum Gasteiger partial charge on any atom is 0.263 e. The van der Waals surface area contributed by atoms with Crippen molar-refractivity contribution in [2.24, 2.45) is 0 Å². The van der Waals surface area contributed by atoms with Crippen LogP contribution in [0.15, 0.2) is 84.9 Å². The van der Waals surface area contributed by atoms with Crippen LogP contribution in [0.1, 0.15) is 42.4 Å². The largest absolute Gasteiger partial charge is 0.347 e. The highest BCUT2D eigenvalue weighted by Gasteiger charge is 2.17. The second kappa shape index (κ2) is 10.0.